The second-order valence-corrected chi connectivity index (χ2v) is 5.64. The number of benzene rings is 1. The van der Waals surface area contributed by atoms with Crippen molar-refractivity contribution in [1.82, 2.24) is 4.90 Å². The first-order chi connectivity index (χ1) is 9.47. The van der Waals surface area contributed by atoms with Crippen molar-refractivity contribution < 1.29 is 9.59 Å². The maximum absolute atomic E-state index is 11.9. The van der Waals surface area contributed by atoms with Gasteiger partial charge in [-0.25, -0.2) is 0 Å². The van der Waals surface area contributed by atoms with E-state index in [2.05, 4.69) is 5.32 Å². The van der Waals surface area contributed by atoms with Gasteiger partial charge in [0, 0.05) is 36.6 Å². The SMILES string of the molecule is CC(=O)N(CCC(=O)Nc1ccc(Cl)cc1C)C1CC1. The molecule has 5 heteroatoms. The fourth-order valence-corrected chi connectivity index (χ4v) is 2.41. The van der Waals surface area contributed by atoms with Crippen LogP contribution < -0.4 is 5.32 Å². The molecule has 0 heterocycles. The number of hydrogen-bond donors (Lipinski definition) is 1. The Bertz CT molecular complexity index is 527. The first kappa shape index (κ1) is 14.9. The minimum Gasteiger partial charge on any atom is -0.339 e. The number of carbonyl (C=O) groups is 2. The number of aryl methyl sites for hydroxylation is 1. The summed E-state index contributed by atoms with van der Waals surface area (Å²) in [6, 6.07) is 5.69. The van der Waals surface area contributed by atoms with E-state index in [0.717, 1.165) is 24.1 Å². The molecule has 1 aromatic rings. The lowest BCUT2D eigenvalue weighted by Crippen LogP contribution is -2.33. The van der Waals surface area contributed by atoms with Gasteiger partial charge in [-0.15, -0.1) is 0 Å². The van der Waals surface area contributed by atoms with Crippen LogP contribution >= 0.6 is 11.6 Å². The molecule has 1 aliphatic carbocycles. The molecule has 20 heavy (non-hydrogen) atoms. The highest BCUT2D eigenvalue weighted by atomic mass is 35.5. The quantitative estimate of drug-likeness (QED) is 0.907. The molecule has 0 unspecified atom stereocenters. The maximum Gasteiger partial charge on any atom is 0.226 e. The number of carbonyl (C=O) groups excluding carboxylic acids is 2. The van der Waals surface area contributed by atoms with E-state index in [4.69, 9.17) is 11.6 Å². The third-order valence-corrected chi connectivity index (χ3v) is 3.67. The van der Waals surface area contributed by atoms with Crippen molar-refractivity contribution in [2.75, 3.05) is 11.9 Å². The van der Waals surface area contributed by atoms with E-state index < -0.39 is 0 Å². The number of nitrogens with zero attached hydrogens (tertiary/aromatic N) is 1. The molecule has 1 aromatic carbocycles. The van der Waals surface area contributed by atoms with Crippen molar-refractivity contribution in [3.05, 3.63) is 28.8 Å². The Balaban J connectivity index is 1.87. The Morgan fingerprint density at radius 2 is 2.10 bits per heavy atom. The molecule has 1 aliphatic rings. The zero-order chi connectivity index (χ0) is 14.7. The highest BCUT2D eigenvalue weighted by Gasteiger charge is 2.30. The predicted molar refractivity (Wildman–Crippen MR) is 79.8 cm³/mol. The van der Waals surface area contributed by atoms with Crippen LogP contribution in [0.5, 0.6) is 0 Å². The summed E-state index contributed by atoms with van der Waals surface area (Å²) in [5, 5.41) is 3.51. The van der Waals surface area contributed by atoms with Crippen molar-refractivity contribution in [2.24, 2.45) is 0 Å². The first-order valence-corrected chi connectivity index (χ1v) is 7.18. The van der Waals surface area contributed by atoms with E-state index >= 15 is 0 Å². The lowest BCUT2D eigenvalue weighted by atomic mass is 10.2. The van der Waals surface area contributed by atoms with Gasteiger partial charge in [0.25, 0.3) is 0 Å². The highest BCUT2D eigenvalue weighted by molar-refractivity contribution is 6.30. The minimum atomic E-state index is -0.0812. The molecule has 1 N–H and O–H groups in total. The molecule has 108 valence electrons. The van der Waals surface area contributed by atoms with Crippen LogP contribution in [0.1, 0.15) is 31.7 Å². The lowest BCUT2D eigenvalue weighted by molar-refractivity contribution is -0.129. The average molecular weight is 295 g/mol. The summed E-state index contributed by atoms with van der Waals surface area (Å²) < 4.78 is 0. The minimum absolute atomic E-state index is 0.0444. The molecule has 0 bridgehead atoms. The molecule has 1 saturated carbocycles. The molecule has 2 amide bonds. The molecule has 0 saturated heterocycles. The van der Waals surface area contributed by atoms with Gasteiger partial charge in [0.15, 0.2) is 0 Å². The predicted octanol–water partition coefficient (Wildman–Crippen LogP) is 2.99. The van der Waals surface area contributed by atoms with Gasteiger partial charge >= 0.3 is 0 Å². The van der Waals surface area contributed by atoms with Gasteiger partial charge in [-0.1, -0.05) is 11.6 Å². The van der Waals surface area contributed by atoms with Crippen molar-refractivity contribution in [3.63, 3.8) is 0 Å². The smallest absolute Gasteiger partial charge is 0.226 e. The summed E-state index contributed by atoms with van der Waals surface area (Å²) in [6.45, 7) is 3.94. The second-order valence-electron chi connectivity index (χ2n) is 5.20. The van der Waals surface area contributed by atoms with Crippen LogP contribution in [-0.2, 0) is 9.59 Å². The average Bonchev–Trinajstić information content (AvgIpc) is 3.17. The van der Waals surface area contributed by atoms with Gasteiger partial charge in [-0.2, -0.15) is 0 Å². The van der Waals surface area contributed by atoms with Crippen molar-refractivity contribution in [3.8, 4) is 0 Å². The molecular formula is C15H19ClN2O2. The van der Waals surface area contributed by atoms with Gasteiger partial charge in [0.1, 0.15) is 0 Å². The van der Waals surface area contributed by atoms with Crippen molar-refractivity contribution >= 4 is 29.1 Å². The van der Waals surface area contributed by atoms with Crippen molar-refractivity contribution in [2.45, 2.75) is 39.2 Å². The summed E-state index contributed by atoms with van der Waals surface area (Å²) >= 11 is 5.88. The molecule has 2 rings (SSSR count). The molecule has 0 radical (unpaired) electrons. The van der Waals surface area contributed by atoms with Crippen LogP contribution in [0.4, 0.5) is 5.69 Å². The molecule has 4 nitrogen and oxygen atoms in total. The van der Waals surface area contributed by atoms with Gasteiger partial charge in [0.2, 0.25) is 11.8 Å². The first-order valence-electron chi connectivity index (χ1n) is 6.80. The Morgan fingerprint density at radius 3 is 2.65 bits per heavy atom. The van der Waals surface area contributed by atoms with E-state index in [1.165, 1.54) is 0 Å². The van der Waals surface area contributed by atoms with Crippen LogP contribution in [0.3, 0.4) is 0 Å². The number of amides is 2. The second kappa shape index (κ2) is 6.27. The summed E-state index contributed by atoms with van der Waals surface area (Å²) in [7, 11) is 0. The fraction of sp³-hybridized carbons (Fsp3) is 0.467. The third-order valence-electron chi connectivity index (χ3n) is 3.43. The molecule has 0 atom stereocenters. The summed E-state index contributed by atoms with van der Waals surface area (Å²) in [5.74, 6) is -0.0368. The number of halogens is 1. The Morgan fingerprint density at radius 1 is 1.40 bits per heavy atom. The summed E-state index contributed by atoms with van der Waals surface area (Å²) in [5.41, 5.74) is 1.69. The molecule has 0 aliphatic heterocycles. The molecule has 0 aromatic heterocycles. The summed E-state index contributed by atoms with van der Waals surface area (Å²) in [6.07, 6.45) is 2.42. The van der Waals surface area contributed by atoms with E-state index in [0.29, 0.717) is 24.0 Å². The van der Waals surface area contributed by atoms with Gasteiger partial charge in [-0.05, 0) is 43.5 Å². The topological polar surface area (TPSA) is 49.4 Å². The zero-order valence-corrected chi connectivity index (χ0v) is 12.5. The highest BCUT2D eigenvalue weighted by Crippen LogP contribution is 2.27. The maximum atomic E-state index is 11.9. The van der Waals surface area contributed by atoms with E-state index in [1.54, 1.807) is 24.0 Å². The monoisotopic (exact) mass is 294 g/mol. The summed E-state index contributed by atoms with van der Waals surface area (Å²) in [4.78, 5) is 25.2. The normalized spacial score (nSPS) is 13.9. The number of nitrogens with one attached hydrogen (secondary N) is 1. The van der Waals surface area contributed by atoms with Gasteiger partial charge in [-0.3, -0.25) is 9.59 Å². The largest absolute Gasteiger partial charge is 0.339 e. The molecule has 0 spiro atoms. The van der Waals surface area contributed by atoms with Gasteiger partial charge in [0.05, 0.1) is 0 Å². The Kier molecular flexibility index (Phi) is 4.65. The standard InChI is InChI=1S/C15H19ClN2O2/c1-10-9-12(16)3-6-14(10)17-15(20)7-8-18(11(2)19)13-4-5-13/h3,6,9,13H,4-5,7-8H2,1-2H3,(H,17,20). The van der Waals surface area contributed by atoms with E-state index in [1.807, 2.05) is 13.0 Å². The number of anilines is 1. The Labute approximate surface area is 124 Å². The lowest BCUT2D eigenvalue weighted by Gasteiger charge is -2.20. The molecule has 1 fully saturated rings. The number of rotatable bonds is 5. The van der Waals surface area contributed by atoms with E-state index in [-0.39, 0.29) is 11.8 Å². The van der Waals surface area contributed by atoms with Crippen LogP contribution in [-0.4, -0.2) is 29.3 Å². The zero-order valence-electron chi connectivity index (χ0n) is 11.8. The van der Waals surface area contributed by atoms with Crippen molar-refractivity contribution in [1.29, 1.82) is 0 Å². The fourth-order valence-electron chi connectivity index (χ4n) is 2.19. The van der Waals surface area contributed by atoms with Crippen LogP contribution in [0.15, 0.2) is 18.2 Å². The van der Waals surface area contributed by atoms with Crippen LogP contribution in [0.2, 0.25) is 5.02 Å². The van der Waals surface area contributed by atoms with Crippen LogP contribution in [0.25, 0.3) is 0 Å². The van der Waals surface area contributed by atoms with Gasteiger partial charge < -0.3 is 10.2 Å². The van der Waals surface area contributed by atoms with Crippen LogP contribution in [0, 0.1) is 6.92 Å². The van der Waals surface area contributed by atoms with E-state index in [9.17, 15) is 9.59 Å². The molecular weight excluding hydrogens is 276 g/mol. The third kappa shape index (κ3) is 3.97. The Hall–Kier alpha value is -1.55. The number of hydrogen-bond acceptors (Lipinski definition) is 2.